The van der Waals surface area contributed by atoms with Gasteiger partial charge in [-0.2, -0.15) is 0 Å². The summed E-state index contributed by atoms with van der Waals surface area (Å²) in [7, 11) is 0. The van der Waals surface area contributed by atoms with E-state index in [4.69, 9.17) is 5.73 Å². The van der Waals surface area contributed by atoms with Gasteiger partial charge in [-0.15, -0.1) is 0 Å². The van der Waals surface area contributed by atoms with E-state index in [1.807, 2.05) is 6.92 Å². The highest BCUT2D eigenvalue weighted by Crippen LogP contribution is 2.34. The van der Waals surface area contributed by atoms with Gasteiger partial charge in [0.1, 0.15) is 11.5 Å². The highest BCUT2D eigenvalue weighted by molar-refractivity contribution is 5.92. The van der Waals surface area contributed by atoms with Crippen LogP contribution in [0.3, 0.4) is 0 Å². The first-order chi connectivity index (χ1) is 6.59. The largest absolute Gasteiger partial charge is 0.382 e. The molecule has 0 unspecified atom stereocenters. The van der Waals surface area contributed by atoms with Crippen LogP contribution in [0.5, 0.6) is 0 Å². The molecule has 2 rings (SSSR count). The zero-order chi connectivity index (χ0) is 10.2. The third-order valence-corrected chi connectivity index (χ3v) is 2.32. The van der Waals surface area contributed by atoms with Crippen molar-refractivity contribution in [2.45, 2.75) is 25.3 Å². The standard InChI is InChI=1S/C9H12N4O/c1-9(2-3-9)13-8(14)6-4-12-7(10)5-11-6/h4-5H,2-3H2,1H3,(H2,10,12)(H,13,14). The fraction of sp³-hybridized carbons (Fsp3) is 0.444. The van der Waals surface area contributed by atoms with Crippen molar-refractivity contribution in [3.63, 3.8) is 0 Å². The summed E-state index contributed by atoms with van der Waals surface area (Å²) in [5, 5.41) is 2.88. The van der Waals surface area contributed by atoms with Gasteiger partial charge >= 0.3 is 0 Å². The molecule has 0 atom stereocenters. The summed E-state index contributed by atoms with van der Waals surface area (Å²) in [6.45, 7) is 2.01. The number of nitrogens with zero attached hydrogens (tertiary/aromatic N) is 2. The van der Waals surface area contributed by atoms with Gasteiger partial charge < -0.3 is 11.1 Å². The van der Waals surface area contributed by atoms with Crippen molar-refractivity contribution in [1.82, 2.24) is 15.3 Å². The molecular weight excluding hydrogens is 180 g/mol. The molecule has 1 aromatic rings. The third-order valence-electron chi connectivity index (χ3n) is 2.32. The molecular formula is C9H12N4O. The lowest BCUT2D eigenvalue weighted by molar-refractivity contribution is 0.0930. The molecule has 0 aliphatic heterocycles. The highest BCUT2D eigenvalue weighted by atomic mass is 16.2. The molecule has 14 heavy (non-hydrogen) atoms. The zero-order valence-corrected chi connectivity index (χ0v) is 7.95. The van der Waals surface area contributed by atoms with Gasteiger partial charge in [-0.25, -0.2) is 9.97 Å². The minimum absolute atomic E-state index is 0.0276. The number of anilines is 1. The molecule has 1 aliphatic carbocycles. The van der Waals surface area contributed by atoms with Crippen LogP contribution in [0, 0.1) is 0 Å². The number of hydrogen-bond donors (Lipinski definition) is 2. The Balaban J connectivity index is 2.07. The smallest absolute Gasteiger partial charge is 0.271 e. The van der Waals surface area contributed by atoms with Crippen molar-refractivity contribution < 1.29 is 4.79 Å². The van der Waals surface area contributed by atoms with Crippen molar-refractivity contribution in [2.24, 2.45) is 0 Å². The van der Waals surface area contributed by atoms with Gasteiger partial charge in [0.15, 0.2) is 0 Å². The number of rotatable bonds is 2. The van der Waals surface area contributed by atoms with Gasteiger partial charge in [0.25, 0.3) is 5.91 Å². The van der Waals surface area contributed by atoms with E-state index in [9.17, 15) is 4.79 Å². The molecule has 5 heteroatoms. The Bertz CT molecular complexity index is 356. The number of nitrogens with one attached hydrogen (secondary N) is 1. The van der Waals surface area contributed by atoms with E-state index in [2.05, 4.69) is 15.3 Å². The fourth-order valence-electron chi connectivity index (χ4n) is 1.11. The van der Waals surface area contributed by atoms with Crippen LogP contribution in [0.15, 0.2) is 12.4 Å². The van der Waals surface area contributed by atoms with E-state index in [-0.39, 0.29) is 11.4 Å². The number of hydrogen-bond acceptors (Lipinski definition) is 4. The maximum absolute atomic E-state index is 11.6. The topological polar surface area (TPSA) is 80.9 Å². The van der Waals surface area contributed by atoms with Crippen LogP contribution < -0.4 is 11.1 Å². The highest BCUT2D eigenvalue weighted by Gasteiger charge is 2.39. The number of carbonyl (C=O) groups excluding carboxylic acids is 1. The van der Waals surface area contributed by atoms with Crippen molar-refractivity contribution in [3.8, 4) is 0 Å². The summed E-state index contributed by atoms with van der Waals surface area (Å²) < 4.78 is 0. The van der Waals surface area contributed by atoms with E-state index in [0.29, 0.717) is 11.5 Å². The molecule has 74 valence electrons. The predicted octanol–water partition coefficient (Wildman–Crippen LogP) is 0.341. The second kappa shape index (κ2) is 2.94. The summed E-state index contributed by atoms with van der Waals surface area (Å²) in [6, 6.07) is 0. The van der Waals surface area contributed by atoms with Crippen LogP contribution in [-0.4, -0.2) is 21.4 Å². The summed E-state index contributed by atoms with van der Waals surface area (Å²) in [5.74, 6) is 0.136. The molecule has 3 N–H and O–H groups in total. The van der Waals surface area contributed by atoms with Gasteiger partial charge in [0, 0.05) is 5.54 Å². The van der Waals surface area contributed by atoms with Crippen LogP contribution in [0.25, 0.3) is 0 Å². The van der Waals surface area contributed by atoms with Crippen LogP contribution in [0.4, 0.5) is 5.82 Å². The first-order valence-corrected chi connectivity index (χ1v) is 4.49. The van der Waals surface area contributed by atoms with E-state index < -0.39 is 0 Å². The second-order valence-corrected chi connectivity index (χ2v) is 3.84. The predicted molar refractivity (Wildman–Crippen MR) is 51.5 cm³/mol. The van der Waals surface area contributed by atoms with Crippen LogP contribution in [-0.2, 0) is 0 Å². The molecule has 0 spiro atoms. The lowest BCUT2D eigenvalue weighted by atomic mass is 10.3. The molecule has 1 saturated carbocycles. The Hall–Kier alpha value is -1.65. The van der Waals surface area contributed by atoms with Crippen molar-refractivity contribution in [2.75, 3.05) is 5.73 Å². The number of nitrogens with two attached hydrogens (primary N) is 1. The normalized spacial score (nSPS) is 17.5. The Kier molecular flexibility index (Phi) is 1.87. The third kappa shape index (κ3) is 1.81. The van der Waals surface area contributed by atoms with Gasteiger partial charge in [0.05, 0.1) is 12.4 Å². The Labute approximate surface area is 81.7 Å². The van der Waals surface area contributed by atoms with Gasteiger partial charge in [-0.05, 0) is 19.8 Å². The summed E-state index contributed by atoms with van der Waals surface area (Å²) >= 11 is 0. The maximum Gasteiger partial charge on any atom is 0.271 e. The van der Waals surface area contributed by atoms with Gasteiger partial charge in [0.2, 0.25) is 0 Å². The summed E-state index contributed by atoms with van der Waals surface area (Å²) in [6.07, 6.45) is 4.82. The monoisotopic (exact) mass is 192 g/mol. The number of amides is 1. The van der Waals surface area contributed by atoms with Crippen molar-refractivity contribution >= 4 is 11.7 Å². The average molecular weight is 192 g/mol. The minimum Gasteiger partial charge on any atom is -0.382 e. The van der Waals surface area contributed by atoms with E-state index in [0.717, 1.165) is 12.8 Å². The van der Waals surface area contributed by atoms with Crippen molar-refractivity contribution in [1.29, 1.82) is 0 Å². The molecule has 0 radical (unpaired) electrons. The Morgan fingerprint density at radius 1 is 1.50 bits per heavy atom. The van der Waals surface area contributed by atoms with Crippen LogP contribution in [0.1, 0.15) is 30.3 Å². The average Bonchev–Trinajstić information content (AvgIpc) is 2.84. The minimum atomic E-state index is -0.183. The Morgan fingerprint density at radius 3 is 2.71 bits per heavy atom. The number of carbonyl (C=O) groups is 1. The van der Waals surface area contributed by atoms with Crippen molar-refractivity contribution in [3.05, 3.63) is 18.1 Å². The maximum atomic E-state index is 11.6. The molecule has 1 aliphatic rings. The Morgan fingerprint density at radius 2 is 2.21 bits per heavy atom. The molecule has 1 heterocycles. The van der Waals surface area contributed by atoms with Gasteiger partial charge in [-0.1, -0.05) is 0 Å². The number of aromatic nitrogens is 2. The molecule has 1 amide bonds. The number of nitrogen functional groups attached to an aromatic ring is 1. The lowest BCUT2D eigenvalue weighted by Gasteiger charge is -2.10. The zero-order valence-electron chi connectivity index (χ0n) is 7.95. The van der Waals surface area contributed by atoms with Gasteiger partial charge in [-0.3, -0.25) is 4.79 Å². The lowest BCUT2D eigenvalue weighted by Crippen LogP contribution is -2.34. The molecule has 1 aromatic heterocycles. The quantitative estimate of drug-likeness (QED) is 0.708. The molecule has 0 aromatic carbocycles. The summed E-state index contributed by atoms with van der Waals surface area (Å²) in [4.78, 5) is 19.3. The molecule has 0 saturated heterocycles. The van der Waals surface area contributed by atoms with E-state index in [1.54, 1.807) is 0 Å². The molecule has 1 fully saturated rings. The first kappa shape index (κ1) is 8.93. The summed E-state index contributed by atoms with van der Waals surface area (Å²) in [5.41, 5.74) is 5.65. The SMILES string of the molecule is CC1(NC(=O)c2cnc(N)cn2)CC1. The first-order valence-electron chi connectivity index (χ1n) is 4.49. The fourth-order valence-corrected chi connectivity index (χ4v) is 1.11. The van der Waals surface area contributed by atoms with Crippen LogP contribution >= 0.6 is 0 Å². The molecule has 5 nitrogen and oxygen atoms in total. The van der Waals surface area contributed by atoms with Crippen LogP contribution in [0.2, 0.25) is 0 Å². The van der Waals surface area contributed by atoms with E-state index >= 15 is 0 Å². The van der Waals surface area contributed by atoms with E-state index in [1.165, 1.54) is 12.4 Å². The second-order valence-electron chi connectivity index (χ2n) is 3.84. The molecule has 0 bridgehead atoms.